The fraction of sp³-hybridized carbons (Fsp3) is 0.559. The van der Waals surface area contributed by atoms with Crippen molar-refractivity contribution in [2.45, 2.75) is 190 Å². The molecule has 0 radical (unpaired) electrons. The molecule has 0 saturated carbocycles. The van der Waals surface area contributed by atoms with Crippen molar-refractivity contribution in [1.29, 1.82) is 0 Å². The van der Waals surface area contributed by atoms with E-state index in [0.717, 1.165) is 11.1 Å². The van der Waals surface area contributed by atoms with E-state index >= 15 is 0 Å². The first-order valence-corrected chi connectivity index (χ1v) is 32.5. The summed E-state index contributed by atoms with van der Waals surface area (Å²) < 4.78 is 0. The van der Waals surface area contributed by atoms with Crippen molar-refractivity contribution in [1.82, 2.24) is 47.0 Å². The van der Waals surface area contributed by atoms with Crippen molar-refractivity contribution in [3.63, 3.8) is 0 Å². The predicted molar refractivity (Wildman–Crippen MR) is 342 cm³/mol. The van der Waals surface area contributed by atoms with Crippen molar-refractivity contribution in [2.24, 2.45) is 11.8 Å². The highest BCUT2D eigenvalue weighted by atomic mass is 16.2. The van der Waals surface area contributed by atoms with Crippen LogP contribution >= 0.6 is 0 Å². The SMILES string of the molecule is CC[C@H](NC)C(=O)N[C@@H]1C(=O)N2[C@@H](CC[C@@H]1CNC(=O)CCCNc1c(NCCCCCC(=O)[C@@H](NC(=O)[C@@H]3CC[C@@H]4CC[C@H](CNCc5ccccc5)[C@H](NC(=O)[C@H](CC)NC)C(=O)N43)c3ccccc3)c(=O)c1=O)CC[C@H]2C(=O)CCc1ccccc1. The molecule has 4 aliphatic rings. The quantitative estimate of drug-likeness (QED) is 0.0230. The summed E-state index contributed by atoms with van der Waals surface area (Å²) in [6, 6.07) is 23.2. The smallest absolute Gasteiger partial charge is 0.253 e. The number of unbranched alkanes of at least 4 members (excludes halogenated alkanes) is 2. The molecule has 89 heavy (non-hydrogen) atoms. The molecule has 8 rings (SSSR count). The topological polar surface area (TPSA) is 285 Å². The zero-order valence-corrected chi connectivity index (χ0v) is 52.3. The third-order valence-electron chi connectivity index (χ3n) is 18.7. The Bertz CT molecular complexity index is 3100. The Kier molecular flexibility index (Phi) is 25.2. The Morgan fingerprint density at radius 1 is 0.539 bits per heavy atom. The van der Waals surface area contributed by atoms with Crippen LogP contribution in [0, 0.1) is 11.8 Å². The molecule has 0 unspecified atom stereocenters. The number of nitrogens with zero attached hydrogens (tertiary/aromatic N) is 2. The average molecular weight is 1220 g/mol. The molecule has 9 N–H and O–H groups in total. The van der Waals surface area contributed by atoms with Crippen LogP contribution in [0.2, 0.25) is 0 Å². The largest absolute Gasteiger partial charge is 0.380 e. The number of likely N-dealkylation sites (N-methyl/N-ethyl adjacent to an activating group) is 2. The summed E-state index contributed by atoms with van der Waals surface area (Å²) in [5, 5.41) is 27.7. The molecule has 4 fully saturated rings. The number of amides is 6. The van der Waals surface area contributed by atoms with E-state index in [4.69, 9.17) is 0 Å². The van der Waals surface area contributed by atoms with Gasteiger partial charge in [0.15, 0.2) is 11.6 Å². The Balaban J connectivity index is 0.789. The number of hydrogen-bond acceptors (Lipinski definition) is 15. The second kappa shape index (κ2) is 33.3. The van der Waals surface area contributed by atoms with Gasteiger partial charge in [0, 0.05) is 75.9 Å². The summed E-state index contributed by atoms with van der Waals surface area (Å²) in [7, 11) is 3.40. The maximum absolute atomic E-state index is 14.8. The highest BCUT2D eigenvalue weighted by Crippen LogP contribution is 2.37. The van der Waals surface area contributed by atoms with Crippen LogP contribution in [0.4, 0.5) is 11.4 Å². The molecule has 0 aliphatic carbocycles. The van der Waals surface area contributed by atoms with E-state index in [2.05, 4.69) is 47.9 Å². The maximum Gasteiger partial charge on any atom is 0.253 e. The van der Waals surface area contributed by atoms with Crippen molar-refractivity contribution in [3.8, 4) is 0 Å². The van der Waals surface area contributed by atoms with E-state index in [1.54, 1.807) is 48.2 Å². The molecular weight excluding hydrogens is 1130 g/mol. The van der Waals surface area contributed by atoms with E-state index in [0.29, 0.717) is 128 Å². The minimum Gasteiger partial charge on any atom is -0.380 e. The van der Waals surface area contributed by atoms with Crippen LogP contribution in [0.15, 0.2) is 101 Å². The normalized spacial score (nSPS) is 22.6. The zero-order valence-electron chi connectivity index (χ0n) is 52.3. The third kappa shape index (κ3) is 17.4. The van der Waals surface area contributed by atoms with Crippen molar-refractivity contribution < 1.29 is 38.4 Å². The van der Waals surface area contributed by atoms with Gasteiger partial charge >= 0.3 is 0 Å². The van der Waals surface area contributed by atoms with Crippen LogP contribution in [0.25, 0.3) is 0 Å². The Morgan fingerprint density at radius 3 is 1.61 bits per heavy atom. The minimum atomic E-state index is -0.963. The lowest BCUT2D eigenvalue weighted by Crippen LogP contribution is -2.59. The molecule has 4 saturated heterocycles. The van der Waals surface area contributed by atoms with E-state index in [-0.39, 0.29) is 96.4 Å². The monoisotopic (exact) mass is 1220 g/mol. The van der Waals surface area contributed by atoms with E-state index in [1.807, 2.05) is 80.6 Å². The van der Waals surface area contributed by atoms with Crippen molar-refractivity contribution >= 4 is 58.4 Å². The number of fused-ring (bicyclic) bond motifs is 2. The van der Waals surface area contributed by atoms with Crippen LogP contribution in [-0.2, 0) is 51.3 Å². The second-order valence-corrected chi connectivity index (χ2v) is 24.5. The van der Waals surface area contributed by atoms with E-state index in [1.165, 1.54) is 0 Å². The van der Waals surface area contributed by atoms with Gasteiger partial charge in [0.25, 0.3) is 10.9 Å². The zero-order chi connectivity index (χ0) is 63.4. The van der Waals surface area contributed by atoms with Gasteiger partial charge in [0.1, 0.15) is 35.5 Å². The number of nitrogens with one attached hydrogen (secondary N) is 9. The van der Waals surface area contributed by atoms with Crippen LogP contribution < -0.4 is 58.7 Å². The molecule has 21 nitrogen and oxygen atoms in total. The van der Waals surface area contributed by atoms with Gasteiger partial charge < -0.3 is 57.7 Å². The highest BCUT2D eigenvalue weighted by Gasteiger charge is 2.50. The lowest BCUT2D eigenvalue weighted by atomic mass is 9.92. The van der Waals surface area contributed by atoms with Gasteiger partial charge in [-0.3, -0.25) is 47.9 Å². The van der Waals surface area contributed by atoms with Crippen LogP contribution in [0.1, 0.15) is 146 Å². The molecular formula is C68H93N11O10. The van der Waals surface area contributed by atoms with Gasteiger partial charge in [0.2, 0.25) is 35.4 Å². The van der Waals surface area contributed by atoms with E-state index in [9.17, 15) is 47.9 Å². The Morgan fingerprint density at radius 2 is 1.04 bits per heavy atom. The molecule has 480 valence electrons. The molecule has 4 aromatic carbocycles. The molecule has 0 aromatic heterocycles. The minimum absolute atomic E-state index is 0.00373. The molecule has 4 aliphatic heterocycles. The van der Waals surface area contributed by atoms with Gasteiger partial charge in [-0.2, -0.15) is 0 Å². The van der Waals surface area contributed by atoms with Gasteiger partial charge in [-0.1, -0.05) is 111 Å². The van der Waals surface area contributed by atoms with Gasteiger partial charge in [-0.15, -0.1) is 0 Å². The number of carbonyl (C=O) groups excluding carboxylic acids is 8. The third-order valence-corrected chi connectivity index (χ3v) is 18.7. The number of Topliss-reactive ketones (excluding diaryl/α,β-unsaturated/α-hetero) is 2. The Labute approximate surface area is 522 Å². The summed E-state index contributed by atoms with van der Waals surface area (Å²) in [5.41, 5.74) is 1.79. The van der Waals surface area contributed by atoms with Crippen molar-refractivity contribution in [2.75, 3.05) is 50.9 Å². The first-order valence-electron chi connectivity index (χ1n) is 32.5. The van der Waals surface area contributed by atoms with Gasteiger partial charge in [-0.25, -0.2) is 0 Å². The van der Waals surface area contributed by atoms with Gasteiger partial charge in [0.05, 0.1) is 18.1 Å². The van der Waals surface area contributed by atoms with Gasteiger partial charge in [-0.05, 0) is 121 Å². The summed E-state index contributed by atoms with van der Waals surface area (Å²) >= 11 is 0. The number of hydrogen-bond donors (Lipinski definition) is 9. The molecule has 11 atom stereocenters. The first-order chi connectivity index (χ1) is 43.1. The van der Waals surface area contributed by atoms with E-state index < -0.39 is 65.0 Å². The molecule has 4 aromatic rings. The Hall–Kier alpha value is -7.62. The van der Waals surface area contributed by atoms with Crippen LogP contribution in [-0.4, -0.2) is 145 Å². The summed E-state index contributed by atoms with van der Waals surface area (Å²) in [6.07, 6.45) is 8.94. The second-order valence-electron chi connectivity index (χ2n) is 24.5. The summed E-state index contributed by atoms with van der Waals surface area (Å²) in [4.78, 5) is 141. The summed E-state index contributed by atoms with van der Waals surface area (Å²) in [5.74, 6) is -2.71. The number of carbonyl (C=O) groups is 8. The average Bonchev–Trinajstić information content (AvgIpc) is 2.22. The number of aryl methyl sites for hydroxylation is 1. The fourth-order valence-corrected chi connectivity index (χ4v) is 13.6. The lowest BCUT2D eigenvalue weighted by molar-refractivity contribution is -0.144. The summed E-state index contributed by atoms with van der Waals surface area (Å²) in [6.45, 7) is 5.57. The van der Waals surface area contributed by atoms with Crippen LogP contribution in [0.5, 0.6) is 0 Å². The number of anilines is 2. The molecule has 21 heteroatoms. The number of rotatable bonds is 34. The number of benzene rings is 3. The highest BCUT2D eigenvalue weighted by molar-refractivity contribution is 5.97. The standard InChI is InChI=1S/C68H93N11O10/c1-5-50(69-3)64(85)76-58-46(41-71-40-44-22-13-8-14-23-44)29-31-49-34-36-53(79(49)68(58)89)66(87)75-57(45-24-15-9-16-25-45)55(81)26-17-10-18-38-72-60-61(63(84)62(60)83)73-39-19-27-56(82)74-42-47-30-32-48-33-35-52(54(80)37-28-43-20-11-7-12-21-43)78(48)67(88)59(47)77-65(86)51(6-2)70-4/h7-9,11-16,20-25,46-53,57-59,69-73H,5-6,10,17-19,26-42H2,1-4H3,(H,74,82)(H,75,87)(H,76,85)(H,77,86)/t46-,47-,48+,49+,50+,51+,52+,53+,57+,58+,59+/m1/s1. The maximum atomic E-state index is 14.8. The lowest BCUT2D eigenvalue weighted by Gasteiger charge is -2.33. The molecule has 6 amide bonds. The molecule has 0 bridgehead atoms. The van der Waals surface area contributed by atoms with Crippen molar-refractivity contribution in [3.05, 3.63) is 128 Å². The number of ketones is 2. The fourth-order valence-electron chi connectivity index (χ4n) is 13.6. The predicted octanol–water partition coefficient (Wildman–Crippen LogP) is 4.49. The molecule has 0 spiro atoms. The first kappa shape index (κ1) is 67.3. The molecule has 4 heterocycles. The van der Waals surface area contributed by atoms with Crippen LogP contribution in [0.3, 0.4) is 0 Å².